The fraction of sp³-hybridized carbons (Fsp3) is 0.625. The van der Waals surface area contributed by atoms with E-state index in [2.05, 4.69) is 4.98 Å². The summed E-state index contributed by atoms with van der Waals surface area (Å²) in [6, 6.07) is 1.57. The van der Waals surface area contributed by atoms with Crippen LogP contribution in [-0.4, -0.2) is 36.4 Å². The normalized spacial score (nSPS) is 16.3. The maximum Gasteiger partial charge on any atom is 0.342 e. The van der Waals surface area contributed by atoms with Gasteiger partial charge in [-0.2, -0.15) is 0 Å². The fourth-order valence-corrected chi connectivity index (χ4v) is 2.22. The van der Waals surface area contributed by atoms with Gasteiger partial charge in [0.05, 0.1) is 6.61 Å². The Hall–Kier alpha value is -1.82. The number of hydrogen-bond acceptors (Lipinski definition) is 6. The summed E-state index contributed by atoms with van der Waals surface area (Å²) in [5.41, 5.74) is 5.61. The van der Waals surface area contributed by atoms with Gasteiger partial charge >= 0.3 is 5.97 Å². The number of carbonyl (C=O) groups is 1. The minimum absolute atomic E-state index is 0.204. The molecule has 1 fully saturated rings. The van der Waals surface area contributed by atoms with Crippen molar-refractivity contribution in [2.24, 2.45) is 5.92 Å². The fourth-order valence-electron chi connectivity index (χ4n) is 2.22. The number of nitrogen functional groups attached to an aromatic ring is 1. The summed E-state index contributed by atoms with van der Waals surface area (Å²) in [6.07, 6.45) is 3.37. The van der Waals surface area contributed by atoms with Crippen molar-refractivity contribution in [3.8, 4) is 5.75 Å². The van der Waals surface area contributed by atoms with Crippen LogP contribution in [0.3, 0.4) is 0 Å². The third-order valence-electron chi connectivity index (χ3n) is 3.36. The smallest absolute Gasteiger partial charge is 0.342 e. The average molecular weight is 308 g/mol. The van der Waals surface area contributed by atoms with Crippen LogP contribution < -0.4 is 10.5 Å². The molecule has 0 unspecified atom stereocenters. The maximum absolute atomic E-state index is 12.3. The van der Waals surface area contributed by atoms with Crippen molar-refractivity contribution in [1.29, 1.82) is 0 Å². The standard InChI is InChI=1S/C16H24N2O4/c1-16(2,3)22-15(19)12-4-7-18-14(17)13(12)21-10-11-5-8-20-9-6-11/h4,7,11H,5-6,8-10H2,1-3H3,(H2,17,18). The molecule has 0 aromatic carbocycles. The Bertz CT molecular complexity index is 519. The lowest BCUT2D eigenvalue weighted by molar-refractivity contribution is 0.00628. The molecule has 22 heavy (non-hydrogen) atoms. The number of aromatic nitrogens is 1. The first-order chi connectivity index (χ1) is 10.4. The Morgan fingerprint density at radius 1 is 1.41 bits per heavy atom. The van der Waals surface area contributed by atoms with Crippen LogP contribution in [-0.2, 0) is 9.47 Å². The number of hydrogen-bond donors (Lipinski definition) is 1. The Labute approximate surface area is 131 Å². The van der Waals surface area contributed by atoms with E-state index in [1.165, 1.54) is 6.20 Å². The van der Waals surface area contributed by atoms with Crippen LogP contribution in [0.5, 0.6) is 5.75 Å². The molecule has 1 saturated heterocycles. The van der Waals surface area contributed by atoms with E-state index in [9.17, 15) is 4.79 Å². The summed E-state index contributed by atoms with van der Waals surface area (Å²) in [4.78, 5) is 16.3. The van der Waals surface area contributed by atoms with E-state index >= 15 is 0 Å². The van der Waals surface area contributed by atoms with Gasteiger partial charge in [-0.15, -0.1) is 0 Å². The first-order valence-electron chi connectivity index (χ1n) is 7.55. The number of nitrogens with zero attached hydrogens (tertiary/aromatic N) is 1. The van der Waals surface area contributed by atoms with Crippen molar-refractivity contribution >= 4 is 11.8 Å². The van der Waals surface area contributed by atoms with E-state index in [1.807, 2.05) is 20.8 Å². The summed E-state index contributed by atoms with van der Waals surface area (Å²) in [7, 11) is 0. The monoisotopic (exact) mass is 308 g/mol. The minimum atomic E-state index is -0.576. The highest BCUT2D eigenvalue weighted by Gasteiger charge is 2.24. The molecule has 0 saturated carbocycles. The van der Waals surface area contributed by atoms with Crippen LogP contribution in [0.1, 0.15) is 44.0 Å². The first-order valence-corrected chi connectivity index (χ1v) is 7.55. The molecule has 1 aromatic heterocycles. The van der Waals surface area contributed by atoms with Crippen molar-refractivity contribution in [3.05, 3.63) is 17.8 Å². The highest BCUT2D eigenvalue weighted by molar-refractivity contribution is 5.94. The molecular formula is C16H24N2O4. The highest BCUT2D eigenvalue weighted by atomic mass is 16.6. The number of carbonyl (C=O) groups excluding carboxylic acids is 1. The van der Waals surface area contributed by atoms with Gasteiger partial charge in [-0.1, -0.05) is 0 Å². The van der Waals surface area contributed by atoms with Gasteiger partial charge in [0.25, 0.3) is 0 Å². The zero-order valence-electron chi connectivity index (χ0n) is 13.4. The van der Waals surface area contributed by atoms with E-state index in [4.69, 9.17) is 19.9 Å². The molecule has 6 heteroatoms. The number of pyridine rings is 1. The second-order valence-corrected chi connectivity index (χ2v) is 6.44. The van der Waals surface area contributed by atoms with Crippen LogP contribution in [0.4, 0.5) is 5.82 Å². The topological polar surface area (TPSA) is 83.7 Å². The van der Waals surface area contributed by atoms with E-state index in [0.29, 0.717) is 23.8 Å². The summed E-state index contributed by atoms with van der Waals surface area (Å²) in [5.74, 6) is 0.460. The average Bonchev–Trinajstić information content (AvgIpc) is 2.45. The van der Waals surface area contributed by atoms with Crippen LogP contribution in [0.25, 0.3) is 0 Å². The predicted octanol–water partition coefficient (Wildman–Crippen LogP) is 2.42. The zero-order chi connectivity index (χ0) is 16.2. The highest BCUT2D eigenvalue weighted by Crippen LogP contribution is 2.28. The van der Waals surface area contributed by atoms with Gasteiger partial charge in [-0.3, -0.25) is 0 Å². The summed E-state index contributed by atoms with van der Waals surface area (Å²) in [6.45, 7) is 7.44. The molecule has 1 aromatic rings. The van der Waals surface area contributed by atoms with Gasteiger partial charge in [0.15, 0.2) is 11.6 Å². The van der Waals surface area contributed by atoms with E-state index < -0.39 is 11.6 Å². The van der Waals surface area contributed by atoms with Crippen molar-refractivity contribution in [2.45, 2.75) is 39.2 Å². The van der Waals surface area contributed by atoms with Crippen LogP contribution in [0, 0.1) is 5.92 Å². The molecule has 0 aliphatic carbocycles. The van der Waals surface area contributed by atoms with Gasteiger partial charge in [-0.05, 0) is 45.6 Å². The molecule has 2 rings (SSSR count). The Balaban J connectivity index is 2.10. The van der Waals surface area contributed by atoms with Crippen LogP contribution in [0.15, 0.2) is 12.3 Å². The quantitative estimate of drug-likeness (QED) is 0.860. The SMILES string of the molecule is CC(C)(C)OC(=O)c1ccnc(N)c1OCC1CCOCC1. The lowest BCUT2D eigenvalue weighted by atomic mass is 10.0. The van der Waals surface area contributed by atoms with Gasteiger partial charge in [0.1, 0.15) is 11.2 Å². The lowest BCUT2D eigenvalue weighted by Gasteiger charge is -2.24. The largest absolute Gasteiger partial charge is 0.489 e. The second-order valence-electron chi connectivity index (χ2n) is 6.44. The molecule has 1 aliphatic heterocycles. The molecule has 0 spiro atoms. The van der Waals surface area contributed by atoms with E-state index in [-0.39, 0.29) is 5.82 Å². The third kappa shape index (κ3) is 4.59. The molecular weight excluding hydrogens is 284 g/mol. The predicted molar refractivity (Wildman–Crippen MR) is 82.9 cm³/mol. The summed E-state index contributed by atoms with van der Waals surface area (Å²) < 4.78 is 16.5. The molecule has 122 valence electrons. The Morgan fingerprint density at radius 3 is 2.73 bits per heavy atom. The van der Waals surface area contributed by atoms with Gasteiger partial charge in [0, 0.05) is 19.4 Å². The number of nitrogens with two attached hydrogens (primary N) is 1. The van der Waals surface area contributed by atoms with Crippen molar-refractivity contribution in [2.75, 3.05) is 25.6 Å². The van der Waals surface area contributed by atoms with Gasteiger partial charge in [-0.25, -0.2) is 9.78 Å². The summed E-state index contributed by atoms with van der Waals surface area (Å²) in [5, 5.41) is 0. The first kappa shape index (κ1) is 16.5. The molecule has 0 bridgehead atoms. The molecule has 0 radical (unpaired) electrons. The maximum atomic E-state index is 12.3. The Kier molecular flexibility index (Phi) is 5.24. The zero-order valence-corrected chi connectivity index (χ0v) is 13.4. The molecule has 2 N–H and O–H groups in total. The van der Waals surface area contributed by atoms with Crippen LogP contribution >= 0.6 is 0 Å². The number of anilines is 1. The Morgan fingerprint density at radius 2 is 2.09 bits per heavy atom. The number of esters is 1. The second kappa shape index (κ2) is 6.96. The van der Waals surface area contributed by atoms with Crippen molar-refractivity contribution in [1.82, 2.24) is 4.98 Å². The van der Waals surface area contributed by atoms with E-state index in [0.717, 1.165) is 26.1 Å². The van der Waals surface area contributed by atoms with Crippen molar-refractivity contribution < 1.29 is 19.0 Å². The number of ether oxygens (including phenoxy) is 3. The molecule has 2 heterocycles. The van der Waals surface area contributed by atoms with Gasteiger partial charge < -0.3 is 19.9 Å². The van der Waals surface area contributed by atoms with Crippen molar-refractivity contribution in [3.63, 3.8) is 0 Å². The third-order valence-corrected chi connectivity index (χ3v) is 3.36. The minimum Gasteiger partial charge on any atom is -0.489 e. The summed E-state index contributed by atoms with van der Waals surface area (Å²) >= 11 is 0. The van der Waals surface area contributed by atoms with E-state index in [1.54, 1.807) is 6.07 Å². The molecule has 0 atom stereocenters. The lowest BCUT2D eigenvalue weighted by Crippen LogP contribution is -2.25. The molecule has 1 aliphatic rings. The molecule has 0 amide bonds. The van der Waals surface area contributed by atoms with Crippen LogP contribution in [0.2, 0.25) is 0 Å². The number of rotatable bonds is 4. The molecule has 6 nitrogen and oxygen atoms in total. The van der Waals surface area contributed by atoms with Gasteiger partial charge in [0.2, 0.25) is 0 Å².